The largest absolute Gasteiger partial charge is 0.489 e. The van der Waals surface area contributed by atoms with E-state index in [-0.39, 0.29) is 12.0 Å². The predicted molar refractivity (Wildman–Crippen MR) is 107 cm³/mol. The molecule has 3 rings (SSSR count). The normalized spacial score (nSPS) is 10.2. The zero-order chi connectivity index (χ0) is 19.9. The molecule has 1 heterocycles. The van der Waals surface area contributed by atoms with Crippen LogP contribution in [0.25, 0.3) is 0 Å². The number of carbonyl (C=O) groups is 1. The van der Waals surface area contributed by atoms with Crippen LogP contribution in [-0.2, 0) is 0 Å². The molecule has 0 spiro atoms. The van der Waals surface area contributed by atoms with Gasteiger partial charge in [0.25, 0.3) is 5.91 Å². The lowest BCUT2D eigenvalue weighted by Crippen LogP contribution is -2.15. The van der Waals surface area contributed by atoms with Gasteiger partial charge in [-0.15, -0.1) is 0 Å². The third kappa shape index (κ3) is 4.83. The average Bonchev–Trinajstić information content (AvgIpc) is 2.70. The molecular formula is C21H19N5O2. The molecule has 7 heteroatoms. The van der Waals surface area contributed by atoms with Gasteiger partial charge in [-0.05, 0) is 50.2 Å². The second kappa shape index (κ2) is 8.64. The van der Waals surface area contributed by atoms with Crippen LogP contribution >= 0.6 is 0 Å². The van der Waals surface area contributed by atoms with Crippen molar-refractivity contribution < 1.29 is 9.53 Å². The SMILES string of the molecule is CC(C)Oc1ccccc1NC(=O)c1cnc(Nc2ccc(C#N)cc2)nc1. The van der Waals surface area contributed by atoms with E-state index in [9.17, 15) is 4.79 Å². The van der Waals surface area contributed by atoms with Gasteiger partial charge in [-0.3, -0.25) is 4.79 Å². The van der Waals surface area contributed by atoms with Crippen molar-refractivity contribution in [3.63, 3.8) is 0 Å². The van der Waals surface area contributed by atoms with Crippen molar-refractivity contribution in [2.45, 2.75) is 20.0 Å². The Labute approximate surface area is 163 Å². The number of nitrogens with zero attached hydrogens (tertiary/aromatic N) is 3. The number of anilines is 3. The monoisotopic (exact) mass is 373 g/mol. The molecule has 1 amide bonds. The zero-order valence-electron chi connectivity index (χ0n) is 15.5. The maximum atomic E-state index is 12.5. The smallest absolute Gasteiger partial charge is 0.258 e. The predicted octanol–water partition coefficient (Wildman–Crippen LogP) is 4.13. The van der Waals surface area contributed by atoms with E-state index < -0.39 is 0 Å². The minimum absolute atomic E-state index is 0.00558. The van der Waals surface area contributed by atoms with Gasteiger partial charge in [-0.2, -0.15) is 5.26 Å². The highest BCUT2D eigenvalue weighted by Gasteiger charge is 2.12. The number of benzene rings is 2. The molecule has 0 aliphatic carbocycles. The Morgan fingerprint density at radius 2 is 1.75 bits per heavy atom. The maximum Gasteiger partial charge on any atom is 0.258 e. The molecule has 0 fully saturated rings. The first-order valence-electron chi connectivity index (χ1n) is 8.71. The van der Waals surface area contributed by atoms with Gasteiger partial charge in [0.2, 0.25) is 5.95 Å². The quantitative estimate of drug-likeness (QED) is 0.674. The molecule has 0 radical (unpaired) electrons. The first-order valence-corrected chi connectivity index (χ1v) is 8.71. The molecule has 2 N–H and O–H groups in total. The van der Waals surface area contributed by atoms with Crippen LogP contribution in [-0.4, -0.2) is 22.0 Å². The molecule has 0 saturated carbocycles. The molecule has 7 nitrogen and oxygen atoms in total. The second-order valence-corrected chi connectivity index (χ2v) is 6.23. The number of carbonyl (C=O) groups excluding carboxylic acids is 1. The summed E-state index contributed by atoms with van der Waals surface area (Å²) in [5.74, 6) is 0.625. The lowest BCUT2D eigenvalue weighted by atomic mass is 10.2. The van der Waals surface area contributed by atoms with Crippen LogP contribution in [0, 0.1) is 11.3 Å². The summed E-state index contributed by atoms with van der Waals surface area (Å²) in [4.78, 5) is 20.8. The standard InChI is InChI=1S/C21H19N5O2/c1-14(2)28-19-6-4-3-5-18(19)26-20(27)16-12-23-21(24-13-16)25-17-9-7-15(11-22)8-10-17/h3-10,12-14H,1-2H3,(H,26,27)(H,23,24,25). The van der Waals surface area contributed by atoms with Crippen molar-refractivity contribution in [2.24, 2.45) is 0 Å². The van der Waals surface area contributed by atoms with Crippen LogP contribution in [0.15, 0.2) is 60.9 Å². The van der Waals surface area contributed by atoms with Gasteiger partial charge in [0.1, 0.15) is 5.75 Å². The zero-order valence-corrected chi connectivity index (χ0v) is 15.5. The Bertz CT molecular complexity index is 993. The summed E-state index contributed by atoms with van der Waals surface area (Å²) in [6.45, 7) is 3.85. The van der Waals surface area contributed by atoms with Gasteiger partial charge >= 0.3 is 0 Å². The fourth-order valence-corrected chi connectivity index (χ4v) is 2.39. The maximum absolute atomic E-state index is 12.5. The van der Waals surface area contributed by atoms with E-state index in [0.29, 0.717) is 28.5 Å². The van der Waals surface area contributed by atoms with Crippen molar-refractivity contribution in [1.29, 1.82) is 5.26 Å². The lowest BCUT2D eigenvalue weighted by molar-refractivity contribution is 0.102. The molecule has 3 aromatic rings. The number of rotatable bonds is 6. The summed E-state index contributed by atoms with van der Waals surface area (Å²) in [5, 5.41) is 14.7. The van der Waals surface area contributed by atoms with Gasteiger partial charge in [0, 0.05) is 18.1 Å². The fourth-order valence-electron chi connectivity index (χ4n) is 2.39. The number of nitriles is 1. The van der Waals surface area contributed by atoms with E-state index in [1.807, 2.05) is 26.0 Å². The summed E-state index contributed by atoms with van der Waals surface area (Å²) < 4.78 is 5.71. The first-order chi connectivity index (χ1) is 13.5. The number of amides is 1. The molecule has 0 bridgehead atoms. The van der Waals surface area contributed by atoms with Crippen LogP contribution in [0.3, 0.4) is 0 Å². The number of ether oxygens (including phenoxy) is 1. The van der Waals surface area contributed by atoms with E-state index in [2.05, 4.69) is 26.7 Å². The summed E-state index contributed by atoms with van der Waals surface area (Å²) in [7, 11) is 0. The molecule has 1 aromatic heterocycles. The number of aromatic nitrogens is 2. The molecule has 2 aromatic carbocycles. The number of hydrogen-bond donors (Lipinski definition) is 2. The van der Waals surface area contributed by atoms with Crippen LogP contribution in [0.4, 0.5) is 17.3 Å². The van der Waals surface area contributed by atoms with Gasteiger partial charge < -0.3 is 15.4 Å². The van der Waals surface area contributed by atoms with Crippen LogP contribution < -0.4 is 15.4 Å². The van der Waals surface area contributed by atoms with Gasteiger partial charge in [-0.25, -0.2) is 9.97 Å². The van der Waals surface area contributed by atoms with Crippen molar-refractivity contribution >= 4 is 23.2 Å². The summed E-state index contributed by atoms with van der Waals surface area (Å²) in [6.07, 6.45) is 2.88. The highest BCUT2D eigenvalue weighted by Crippen LogP contribution is 2.25. The summed E-state index contributed by atoms with van der Waals surface area (Å²) in [5.41, 5.74) is 2.22. The number of para-hydroxylation sites is 2. The van der Waals surface area contributed by atoms with E-state index in [4.69, 9.17) is 10.00 Å². The van der Waals surface area contributed by atoms with E-state index in [0.717, 1.165) is 5.69 Å². The van der Waals surface area contributed by atoms with E-state index in [1.165, 1.54) is 12.4 Å². The van der Waals surface area contributed by atoms with E-state index >= 15 is 0 Å². The Kier molecular flexibility index (Phi) is 5.82. The van der Waals surface area contributed by atoms with Crippen LogP contribution in [0.5, 0.6) is 5.75 Å². The summed E-state index contributed by atoms with van der Waals surface area (Å²) >= 11 is 0. The van der Waals surface area contributed by atoms with Crippen molar-refractivity contribution in [3.8, 4) is 11.8 Å². The van der Waals surface area contributed by atoms with Crippen LogP contribution in [0.1, 0.15) is 29.8 Å². The third-order valence-electron chi connectivity index (χ3n) is 3.68. The molecular weight excluding hydrogens is 354 g/mol. The third-order valence-corrected chi connectivity index (χ3v) is 3.68. The van der Waals surface area contributed by atoms with Gasteiger partial charge in [-0.1, -0.05) is 12.1 Å². The Morgan fingerprint density at radius 3 is 2.39 bits per heavy atom. The lowest BCUT2D eigenvalue weighted by Gasteiger charge is -2.14. The first kappa shape index (κ1) is 18.9. The molecule has 0 unspecified atom stereocenters. The molecule has 0 saturated heterocycles. The van der Waals surface area contributed by atoms with Crippen molar-refractivity contribution in [1.82, 2.24) is 9.97 Å². The Hall–Kier alpha value is -3.92. The molecule has 0 aliphatic rings. The fraction of sp³-hybridized carbons (Fsp3) is 0.143. The minimum Gasteiger partial charge on any atom is -0.489 e. The number of nitrogens with one attached hydrogen (secondary N) is 2. The van der Waals surface area contributed by atoms with E-state index in [1.54, 1.807) is 36.4 Å². The van der Waals surface area contributed by atoms with Crippen molar-refractivity contribution in [3.05, 3.63) is 72.1 Å². The second-order valence-electron chi connectivity index (χ2n) is 6.23. The minimum atomic E-state index is -0.329. The Balaban J connectivity index is 1.68. The Morgan fingerprint density at radius 1 is 1.07 bits per heavy atom. The molecule has 0 atom stereocenters. The van der Waals surface area contributed by atoms with Crippen LogP contribution in [0.2, 0.25) is 0 Å². The average molecular weight is 373 g/mol. The molecule has 28 heavy (non-hydrogen) atoms. The highest BCUT2D eigenvalue weighted by atomic mass is 16.5. The highest BCUT2D eigenvalue weighted by molar-refractivity contribution is 6.04. The number of hydrogen-bond acceptors (Lipinski definition) is 6. The topological polar surface area (TPSA) is 99.9 Å². The summed E-state index contributed by atoms with van der Waals surface area (Å²) in [6, 6.07) is 16.2. The van der Waals surface area contributed by atoms with Gasteiger partial charge in [0.15, 0.2) is 0 Å². The van der Waals surface area contributed by atoms with Gasteiger partial charge in [0.05, 0.1) is 29.0 Å². The van der Waals surface area contributed by atoms with Crippen molar-refractivity contribution in [2.75, 3.05) is 10.6 Å². The molecule has 0 aliphatic heterocycles. The molecule has 140 valence electrons.